The van der Waals surface area contributed by atoms with Gasteiger partial charge in [-0.15, -0.1) is 0 Å². The number of piperidine rings is 1. The second kappa shape index (κ2) is 6.92. The van der Waals surface area contributed by atoms with E-state index in [1.165, 1.54) is 0 Å². The molecule has 2 N–H and O–H groups in total. The first-order valence-corrected chi connectivity index (χ1v) is 9.20. The second-order valence-corrected chi connectivity index (χ2v) is 7.08. The third-order valence-corrected chi connectivity index (χ3v) is 5.06. The average Bonchev–Trinajstić information content (AvgIpc) is 2.97. The number of nitrogens with zero attached hydrogens (tertiary/aromatic N) is 2. The maximum absolute atomic E-state index is 12.7. The van der Waals surface area contributed by atoms with Gasteiger partial charge in [0.05, 0.1) is 11.0 Å². The predicted octanol–water partition coefficient (Wildman–Crippen LogP) is 3.20. The highest BCUT2D eigenvalue weighted by atomic mass is 16.1. The van der Waals surface area contributed by atoms with Gasteiger partial charge in [0.15, 0.2) is 0 Å². The van der Waals surface area contributed by atoms with Gasteiger partial charge in [-0.3, -0.25) is 9.36 Å². The predicted molar refractivity (Wildman–Crippen MR) is 104 cm³/mol. The highest BCUT2D eigenvalue weighted by molar-refractivity contribution is 5.97. The molecule has 1 saturated heterocycles. The normalized spacial score (nSPS) is 20.2. The maximum atomic E-state index is 12.7. The minimum absolute atomic E-state index is 0.0158. The van der Waals surface area contributed by atoms with Crippen molar-refractivity contribution in [3.05, 3.63) is 59.9 Å². The van der Waals surface area contributed by atoms with E-state index in [2.05, 4.69) is 39.2 Å². The van der Waals surface area contributed by atoms with E-state index in [1.807, 2.05) is 43.3 Å². The number of fused-ring (bicyclic) bond motifs is 1. The van der Waals surface area contributed by atoms with Crippen molar-refractivity contribution in [2.24, 2.45) is 0 Å². The summed E-state index contributed by atoms with van der Waals surface area (Å²) in [7, 11) is 0. The van der Waals surface area contributed by atoms with Crippen LogP contribution in [0.15, 0.2) is 48.5 Å². The first-order valence-electron chi connectivity index (χ1n) is 9.20. The lowest BCUT2D eigenvalue weighted by Crippen LogP contribution is -2.46. The minimum Gasteiger partial charge on any atom is -0.349 e. The topological polar surface area (TPSA) is 59.0 Å². The van der Waals surface area contributed by atoms with E-state index in [0.29, 0.717) is 11.6 Å². The monoisotopic (exact) mass is 348 g/mol. The number of rotatable bonds is 3. The molecular formula is C21H24N4O. The van der Waals surface area contributed by atoms with E-state index in [9.17, 15) is 4.79 Å². The highest BCUT2D eigenvalue weighted by Crippen LogP contribution is 2.22. The molecule has 4 rings (SSSR count). The largest absolute Gasteiger partial charge is 0.349 e. The lowest BCUT2D eigenvalue weighted by atomic mass is 10.0. The van der Waals surface area contributed by atoms with Crippen molar-refractivity contribution in [1.82, 2.24) is 20.2 Å². The fourth-order valence-electron chi connectivity index (χ4n) is 3.78. The molecule has 0 aliphatic carbocycles. The fraction of sp³-hybridized carbons (Fsp3) is 0.333. The summed E-state index contributed by atoms with van der Waals surface area (Å²) < 4.78 is 2.12. The lowest BCUT2D eigenvalue weighted by Gasteiger charge is -2.28. The molecule has 0 unspecified atom stereocenters. The average molecular weight is 348 g/mol. The first-order chi connectivity index (χ1) is 12.6. The second-order valence-electron chi connectivity index (χ2n) is 7.08. The van der Waals surface area contributed by atoms with Crippen LogP contribution >= 0.6 is 0 Å². The van der Waals surface area contributed by atoms with Crippen molar-refractivity contribution in [1.29, 1.82) is 0 Å². The number of amides is 1. The smallest absolute Gasteiger partial charge is 0.251 e. The number of para-hydroxylation sites is 1. The van der Waals surface area contributed by atoms with E-state index in [0.717, 1.165) is 41.9 Å². The lowest BCUT2D eigenvalue weighted by molar-refractivity contribution is 0.0926. The Morgan fingerprint density at radius 1 is 1.23 bits per heavy atom. The van der Waals surface area contributed by atoms with Crippen molar-refractivity contribution < 1.29 is 4.79 Å². The van der Waals surface area contributed by atoms with Crippen LogP contribution in [0.4, 0.5) is 0 Å². The number of aromatic nitrogens is 2. The molecule has 5 heteroatoms. The molecule has 0 spiro atoms. The van der Waals surface area contributed by atoms with Crippen LogP contribution in [0.25, 0.3) is 16.7 Å². The fourth-order valence-corrected chi connectivity index (χ4v) is 3.78. The molecular weight excluding hydrogens is 324 g/mol. The summed E-state index contributed by atoms with van der Waals surface area (Å²) >= 11 is 0. The Balaban J connectivity index is 1.61. The van der Waals surface area contributed by atoms with Gasteiger partial charge in [0, 0.05) is 23.3 Å². The third kappa shape index (κ3) is 3.22. The molecule has 2 aromatic carbocycles. The van der Waals surface area contributed by atoms with Gasteiger partial charge in [0.2, 0.25) is 0 Å². The Hall–Kier alpha value is -2.66. The van der Waals surface area contributed by atoms with Crippen molar-refractivity contribution in [3.8, 4) is 5.69 Å². The van der Waals surface area contributed by atoms with Crippen LogP contribution in [0.3, 0.4) is 0 Å². The van der Waals surface area contributed by atoms with Crippen LogP contribution in [0.1, 0.15) is 35.9 Å². The molecule has 134 valence electrons. The standard InChI is InChI=1S/C21H24N4O/c1-14-12-17(10-11-22-14)24-21(26)16-8-9-20-19(13-16)23-15(2)25(20)18-6-4-3-5-7-18/h3-9,13-14,17,22H,10-12H2,1-2H3,(H,24,26)/t14-,17-/m1/s1. The van der Waals surface area contributed by atoms with E-state index in [-0.39, 0.29) is 11.9 Å². The first kappa shape index (κ1) is 16.8. The van der Waals surface area contributed by atoms with Crippen LogP contribution in [0, 0.1) is 6.92 Å². The molecule has 0 radical (unpaired) electrons. The minimum atomic E-state index is -0.0158. The van der Waals surface area contributed by atoms with Gasteiger partial charge in [0.1, 0.15) is 5.82 Å². The zero-order valence-corrected chi connectivity index (χ0v) is 15.2. The number of nitrogens with one attached hydrogen (secondary N) is 2. The summed E-state index contributed by atoms with van der Waals surface area (Å²) in [5.74, 6) is 0.897. The number of benzene rings is 2. The van der Waals surface area contributed by atoms with Gasteiger partial charge >= 0.3 is 0 Å². The van der Waals surface area contributed by atoms with Gasteiger partial charge in [-0.05, 0) is 63.6 Å². The molecule has 1 amide bonds. The number of hydrogen-bond acceptors (Lipinski definition) is 3. The van der Waals surface area contributed by atoms with Crippen LogP contribution < -0.4 is 10.6 Å². The number of carbonyl (C=O) groups is 1. The summed E-state index contributed by atoms with van der Waals surface area (Å²) in [6, 6.07) is 16.6. The van der Waals surface area contributed by atoms with Crippen molar-refractivity contribution in [3.63, 3.8) is 0 Å². The summed E-state index contributed by atoms with van der Waals surface area (Å²) in [6.07, 6.45) is 1.94. The van der Waals surface area contributed by atoms with Crippen LogP contribution in [0.2, 0.25) is 0 Å². The molecule has 0 saturated carbocycles. The molecule has 2 heterocycles. The Morgan fingerprint density at radius 2 is 2.04 bits per heavy atom. The molecule has 1 aliphatic rings. The number of carbonyl (C=O) groups excluding carboxylic acids is 1. The quantitative estimate of drug-likeness (QED) is 0.764. The highest BCUT2D eigenvalue weighted by Gasteiger charge is 2.21. The zero-order chi connectivity index (χ0) is 18.1. The molecule has 1 aromatic heterocycles. The zero-order valence-electron chi connectivity index (χ0n) is 15.2. The third-order valence-electron chi connectivity index (χ3n) is 5.06. The Labute approximate surface area is 153 Å². The SMILES string of the molecule is Cc1nc2cc(C(=O)N[C@@H]3CCN[C@H](C)C3)ccc2n1-c1ccccc1. The molecule has 0 bridgehead atoms. The molecule has 2 atom stereocenters. The van der Waals surface area contributed by atoms with Gasteiger partial charge in [-0.25, -0.2) is 4.98 Å². The Bertz CT molecular complexity index is 932. The number of imidazole rings is 1. The van der Waals surface area contributed by atoms with Crippen LogP contribution in [-0.2, 0) is 0 Å². The van der Waals surface area contributed by atoms with Crippen LogP contribution in [0.5, 0.6) is 0 Å². The van der Waals surface area contributed by atoms with Gasteiger partial charge in [0.25, 0.3) is 5.91 Å². The summed E-state index contributed by atoms with van der Waals surface area (Å²) in [6.45, 7) is 5.10. The molecule has 1 aliphatic heterocycles. The molecule has 3 aromatic rings. The van der Waals surface area contributed by atoms with E-state index in [1.54, 1.807) is 0 Å². The van der Waals surface area contributed by atoms with Crippen molar-refractivity contribution >= 4 is 16.9 Å². The van der Waals surface area contributed by atoms with E-state index < -0.39 is 0 Å². The van der Waals surface area contributed by atoms with E-state index >= 15 is 0 Å². The van der Waals surface area contributed by atoms with Gasteiger partial charge in [-0.1, -0.05) is 18.2 Å². The van der Waals surface area contributed by atoms with Crippen molar-refractivity contribution in [2.45, 2.75) is 38.8 Å². The van der Waals surface area contributed by atoms with Crippen LogP contribution in [-0.4, -0.2) is 34.1 Å². The van der Waals surface area contributed by atoms with Gasteiger partial charge in [-0.2, -0.15) is 0 Å². The van der Waals surface area contributed by atoms with Gasteiger partial charge < -0.3 is 10.6 Å². The number of aryl methyl sites for hydroxylation is 1. The van der Waals surface area contributed by atoms with E-state index in [4.69, 9.17) is 0 Å². The summed E-state index contributed by atoms with van der Waals surface area (Å²) in [4.78, 5) is 17.3. The summed E-state index contributed by atoms with van der Waals surface area (Å²) in [5.41, 5.74) is 3.60. The van der Waals surface area contributed by atoms with Crippen molar-refractivity contribution in [2.75, 3.05) is 6.54 Å². The molecule has 26 heavy (non-hydrogen) atoms. The molecule has 1 fully saturated rings. The molecule has 5 nitrogen and oxygen atoms in total. The Morgan fingerprint density at radius 3 is 2.81 bits per heavy atom. The maximum Gasteiger partial charge on any atom is 0.251 e. The number of hydrogen-bond donors (Lipinski definition) is 2. The summed E-state index contributed by atoms with van der Waals surface area (Å²) in [5, 5.41) is 6.58. The Kier molecular flexibility index (Phi) is 4.47.